The standard InChI is InChI=1S/C13H20N2O3/c1-15(2)13(16)9-18-12-8-10(6-7-14)4-5-11(12)17-3/h4-5,8H,6-7,9,14H2,1-3H3. The first-order valence-electron chi connectivity index (χ1n) is 5.78. The molecule has 100 valence electrons. The molecule has 5 heteroatoms. The van der Waals surface area contributed by atoms with Gasteiger partial charge in [-0.1, -0.05) is 6.07 Å². The second kappa shape index (κ2) is 6.86. The number of hydrogen-bond acceptors (Lipinski definition) is 4. The fraction of sp³-hybridized carbons (Fsp3) is 0.462. The summed E-state index contributed by atoms with van der Waals surface area (Å²) >= 11 is 0. The van der Waals surface area contributed by atoms with Crippen molar-refractivity contribution in [1.82, 2.24) is 4.90 Å². The Balaban J connectivity index is 2.78. The number of nitrogens with zero attached hydrogens (tertiary/aromatic N) is 1. The highest BCUT2D eigenvalue weighted by molar-refractivity contribution is 5.77. The Bertz CT molecular complexity index is 405. The largest absolute Gasteiger partial charge is 0.493 e. The lowest BCUT2D eigenvalue weighted by Crippen LogP contribution is -2.27. The zero-order valence-electron chi connectivity index (χ0n) is 11.1. The molecular weight excluding hydrogens is 232 g/mol. The third-order valence-corrected chi connectivity index (χ3v) is 2.51. The fourth-order valence-corrected chi connectivity index (χ4v) is 1.42. The van der Waals surface area contributed by atoms with Gasteiger partial charge in [-0.25, -0.2) is 0 Å². The molecule has 0 heterocycles. The summed E-state index contributed by atoms with van der Waals surface area (Å²) in [6.45, 7) is 0.567. The summed E-state index contributed by atoms with van der Waals surface area (Å²) in [5.41, 5.74) is 6.57. The Morgan fingerprint density at radius 1 is 1.33 bits per heavy atom. The van der Waals surface area contributed by atoms with Crippen LogP contribution in [0.25, 0.3) is 0 Å². The van der Waals surface area contributed by atoms with Gasteiger partial charge < -0.3 is 20.1 Å². The monoisotopic (exact) mass is 252 g/mol. The van der Waals surface area contributed by atoms with Crippen LogP contribution in [-0.2, 0) is 11.2 Å². The van der Waals surface area contributed by atoms with Crippen LogP contribution in [0.15, 0.2) is 18.2 Å². The first-order valence-corrected chi connectivity index (χ1v) is 5.78. The van der Waals surface area contributed by atoms with Gasteiger partial charge in [-0.15, -0.1) is 0 Å². The van der Waals surface area contributed by atoms with Gasteiger partial charge in [-0.2, -0.15) is 0 Å². The number of carbonyl (C=O) groups excluding carboxylic acids is 1. The van der Waals surface area contributed by atoms with Crippen molar-refractivity contribution < 1.29 is 14.3 Å². The van der Waals surface area contributed by atoms with Gasteiger partial charge in [0.25, 0.3) is 5.91 Å². The van der Waals surface area contributed by atoms with E-state index in [1.165, 1.54) is 4.90 Å². The molecule has 0 fully saturated rings. The SMILES string of the molecule is COc1ccc(CCN)cc1OCC(=O)N(C)C. The number of rotatable bonds is 6. The quantitative estimate of drug-likeness (QED) is 0.808. The number of likely N-dealkylation sites (N-methyl/N-ethyl adjacent to an activating group) is 1. The smallest absolute Gasteiger partial charge is 0.259 e. The van der Waals surface area contributed by atoms with Crippen LogP contribution in [0.1, 0.15) is 5.56 Å². The fourth-order valence-electron chi connectivity index (χ4n) is 1.42. The molecular formula is C13H20N2O3. The molecule has 18 heavy (non-hydrogen) atoms. The molecule has 5 nitrogen and oxygen atoms in total. The number of nitrogens with two attached hydrogens (primary N) is 1. The lowest BCUT2D eigenvalue weighted by atomic mass is 10.1. The van der Waals surface area contributed by atoms with Gasteiger partial charge in [0, 0.05) is 14.1 Å². The summed E-state index contributed by atoms with van der Waals surface area (Å²) in [4.78, 5) is 12.9. The topological polar surface area (TPSA) is 64.8 Å². The molecule has 0 saturated carbocycles. The second-order valence-corrected chi connectivity index (χ2v) is 4.10. The molecule has 2 N–H and O–H groups in total. The zero-order chi connectivity index (χ0) is 13.5. The van der Waals surface area contributed by atoms with Gasteiger partial charge in [0.05, 0.1) is 7.11 Å². The van der Waals surface area contributed by atoms with E-state index < -0.39 is 0 Å². The second-order valence-electron chi connectivity index (χ2n) is 4.10. The minimum absolute atomic E-state index is 0.00453. The molecule has 0 unspecified atom stereocenters. The summed E-state index contributed by atoms with van der Waals surface area (Å²) in [7, 11) is 4.94. The van der Waals surface area contributed by atoms with Gasteiger partial charge in [0.2, 0.25) is 0 Å². The van der Waals surface area contributed by atoms with E-state index in [4.69, 9.17) is 15.2 Å². The summed E-state index contributed by atoms with van der Waals surface area (Å²) in [5, 5.41) is 0. The molecule has 1 amide bonds. The Morgan fingerprint density at radius 2 is 2.06 bits per heavy atom. The van der Waals surface area contributed by atoms with Gasteiger partial charge in [-0.3, -0.25) is 4.79 Å². The van der Waals surface area contributed by atoms with Gasteiger partial charge in [0.1, 0.15) is 0 Å². The first kappa shape index (κ1) is 14.3. The van der Waals surface area contributed by atoms with Crippen molar-refractivity contribution >= 4 is 5.91 Å². The highest BCUT2D eigenvalue weighted by atomic mass is 16.5. The first-order chi connectivity index (χ1) is 8.58. The van der Waals surface area contributed by atoms with Crippen molar-refractivity contribution in [3.63, 3.8) is 0 Å². The number of benzene rings is 1. The summed E-state index contributed by atoms with van der Waals surface area (Å²) in [5.74, 6) is 1.09. The molecule has 0 aliphatic carbocycles. The maximum atomic E-state index is 11.5. The van der Waals surface area contributed by atoms with Crippen LogP contribution < -0.4 is 15.2 Å². The van der Waals surface area contributed by atoms with E-state index in [-0.39, 0.29) is 12.5 Å². The summed E-state index contributed by atoms with van der Waals surface area (Å²) in [6, 6.07) is 5.61. The maximum absolute atomic E-state index is 11.5. The van der Waals surface area contributed by atoms with Crippen LogP contribution in [0.4, 0.5) is 0 Å². The van der Waals surface area contributed by atoms with E-state index in [0.717, 1.165) is 12.0 Å². The van der Waals surface area contributed by atoms with Crippen LogP contribution in [0.5, 0.6) is 11.5 Å². The van der Waals surface area contributed by atoms with Crippen LogP contribution >= 0.6 is 0 Å². The minimum Gasteiger partial charge on any atom is -0.493 e. The average molecular weight is 252 g/mol. The van der Waals surface area contributed by atoms with Crippen molar-refractivity contribution in [3.8, 4) is 11.5 Å². The van der Waals surface area contributed by atoms with Gasteiger partial charge in [-0.05, 0) is 30.7 Å². The van der Waals surface area contributed by atoms with Gasteiger partial charge in [0.15, 0.2) is 18.1 Å². The lowest BCUT2D eigenvalue weighted by molar-refractivity contribution is -0.130. The molecule has 1 rings (SSSR count). The number of carbonyl (C=O) groups is 1. The van der Waals surface area contributed by atoms with E-state index in [1.54, 1.807) is 21.2 Å². The van der Waals surface area contributed by atoms with Gasteiger partial charge >= 0.3 is 0 Å². The number of methoxy groups -OCH3 is 1. The van der Waals surface area contributed by atoms with Crippen LogP contribution in [0, 0.1) is 0 Å². The van der Waals surface area contributed by atoms with E-state index >= 15 is 0 Å². The Labute approximate surface area is 107 Å². The van der Waals surface area contributed by atoms with Crippen molar-refractivity contribution in [2.45, 2.75) is 6.42 Å². The van der Waals surface area contributed by atoms with Crippen LogP contribution in [0.3, 0.4) is 0 Å². The third kappa shape index (κ3) is 3.92. The van der Waals surface area contributed by atoms with E-state index in [1.807, 2.05) is 18.2 Å². The molecule has 0 aromatic heterocycles. The Hall–Kier alpha value is -1.75. The van der Waals surface area contributed by atoms with E-state index in [0.29, 0.717) is 18.0 Å². The van der Waals surface area contributed by atoms with E-state index in [2.05, 4.69) is 0 Å². The van der Waals surface area contributed by atoms with Crippen molar-refractivity contribution in [1.29, 1.82) is 0 Å². The zero-order valence-corrected chi connectivity index (χ0v) is 11.1. The Morgan fingerprint density at radius 3 is 2.61 bits per heavy atom. The van der Waals surface area contributed by atoms with Crippen molar-refractivity contribution in [3.05, 3.63) is 23.8 Å². The number of hydrogen-bond donors (Lipinski definition) is 1. The summed E-state index contributed by atoms with van der Waals surface area (Å²) < 4.78 is 10.7. The molecule has 0 radical (unpaired) electrons. The Kier molecular flexibility index (Phi) is 5.45. The van der Waals surface area contributed by atoms with Crippen molar-refractivity contribution in [2.24, 2.45) is 5.73 Å². The minimum atomic E-state index is -0.0960. The highest BCUT2D eigenvalue weighted by Crippen LogP contribution is 2.28. The molecule has 0 bridgehead atoms. The molecule has 0 spiro atoms. The molecule has 0 aliphatic heterocycles. The molecule has 1 aromatic rings. The number of ether oxygens (including phenoxy) is 2. The molecule has 1 aromatic carbocycles. The number of amides is 1. The molecule has 0 aliphatic rings. The predicted octanol–water partition coefficient (Wildman–Crippen LogP) is 0.663. The highest BCUT2D eigenvalue weighted by Gasteiger charge is 2.09. The molecule has 0 saturated heterocycles. The lowest BCUT2D eigenvalue weighted by Gasteiger charge is -2.14. The average Bonchev–Trinajstić information content (AvgIpc) is 2.36. The normalized spacial score (nSPS) is 10.0. The van der Waals surface area contributed by atoms with Crippen molar-refractivity contribution in [2.75, 3.05) is 34.4 Å². The van der Waals surface area contributed by atoms with Crippen LogP contribution in [-0.4, -0.2) is 45.2 Å². The maximum Gasteiger partial charge on any atom is 0.259 e. The van der Waals surface area contributed by atoms with Crippen LogP contribution in [0.2, 0.25) is 0 Å². The molecule has 0 atom stereocenters. The predicted molar refractivity (Wildman–Crippen MR) is 69.9 cm³/mol. The third-order valence-electron chi connectivity index (χ3n) is 2.51. The summed E-state index contributed by atoms with van der Waals surface area (Å²) in [6.07, 6.45) is 0.766. The van der Waals surface area contributed by atoms with E-state index in [9.17, 15) is 4.79 Å².